The Kier molecular flexibility index (Phi) is 6.26. The van der Waals surface area contributed by atoms with Crippen LogP contribution in [-0.4, -0.2) is 30.2 Å². The number of hydrogen-bond acceptors (Lipinski definition) is 5. The van der Waals surface area contributed by atoms with E-state index in [1.165, 1.54) is 0 Å². The lowest BCUT2D eigenvalue weighted by Gasteiger charge is -2.11. The summed E-state index contributed by atoms with van der Waals surface area (Å²) in [5.74, 6) is 0. The maximum Gasteiger partial charge on any atom is 0.119 e. The Labute approximate surface area is 127 Å². The van der Waals surface area contributed by atoms with E-state index in [1.807, 2.05) is 18.2 Å². The van der Waals surface area contributed by atoms with E-state index in [1.54, 1.807) is 37.5 Å². The minimum Gasteiger partial charge on any atom is -0.383 e. The molecule has 0 aliphatic carbocycles. The van der Waals surface area contributed by atoms with E-state index in [0.717, 1.165) is 27.1 Å². The molecule has 0 unspecified atom stereocenters. The Morgan fingerprint density at radius 1 is 1.35 bits per heavy atom. The molecular formula is C14H16ClN3OS. The predicted octanol–water partition coefficient (Wildman–Crippen LogP) is 3.02. The van der Waals surface area contributed by atoms with Gasteiger partial charge < -0.3 is 10.1 Å². The molecule has 0 aliphatic rings. The highest BCUT2D eigenvalue weighted by Crippen LogP contribution is 2.32. The van der Waals surface area contributed by atoms with Crippen molar-refractivity contribution in [1.29, 1.82) is 0 Å². The van der Waals surface area contributed by atoms with Crippen molar-refractivity contribution in [2.45, 2.75) is 16.5 Å². The van der Waals surface area contributed by atoms with Crippen molar-refractivity contribution in [2.75, 3.05) is 20.3 Å². The van der Waals surface area contributed by atoms with Gasteiger partial charge in [-0.2, -0.15) is 0 Å². The molecule has 2 rings (SSSR count). The molecule has 0 saturated carbocycles. The van der Waals surface area contributed by atoms with Gasteiger partial charge in [-0.25, -0.2) is 4.98 Å². The summed E-state index contributed by atoms with van der Waals surface area (Å²) in [5.41, 5.74) is 1.07. The molecule has 0 bridgehead atoms. The number of hydrogen-bond donors (Lipinski definition) is 1. The smallest absolute Gasteiger partial charge is 0.119 e. The van der Waals surface area contributed by atoms with Crippen molar-refractivity contribution in [3.63, 3.8) is 0 Å². The topological polar surface area (TPSA) is 47.0 Å². The molecule has 1 aromatic carbocycles. The molecule has 1 heterocycles. The molecule has 0 saturated heterocycles. The van der Waals surface area contributed by atoms with Crippen LogP contribution >= 0.6 is 23.4 Å². The first kappa shape index (κ1) is 15.3. The van der Waals surface area contributed by atoms with Crippen molar-refractivity contribution in [3.8, 4) is 0 Å². The number of benzene rings is 1. The van der Waals surface area contributed by atoms with Gasteiger partial charge in [0.25, 0.3) is 0 Å². The summed E-state index contributed by atoms with van der Waals surface area (Å²) in [5, 5.41) is 4.92. The van der Waals surface area contributed by atoms with Crippen LogP contribution in [0.4, 0.5) is 0 Å². The Hall–Kier alpha value is -1.14. The lowest BCUT2D eigenvalue weighted by molar-refractivity contribution is 0.199. The van der Waals surface area contributed by atoms with Crippen LogP contribution in [0.2, 0.25) is 5.02 Å². The van der Waals surface area contributed by atoms with Gasteiger partial charge in [0, 0.05) is 42.5 Å². The molecule has 106 valence electrons. The number of rotatable bonds is 7. The van der Waals surface area contributed by atoms with Gasteiger partial charge in [0.1, 0.15) is 5.03 Å². The van der Waals surface area contributed by atoms with Gasteiger partial charge in [-0.1, -0.05) is 29.4 Å². The number of aromatic nitrogens is 2. The minimum absolute atomic E-state index is 0.678. The Bertz CT molecular complexity index is 539. The van der Waals surface area contributed by atoms with Crippen LogP contribution in [0.1, 0.15) is 5.56 Å². The molecule has 2 aromatic rings. The first-order valence-corrected chi connectivity index (χ1v) is 7.41. The minimum atomic E-state index is 0.678. The van der Waals surface area contributed by atoms with Crippen LogP contribution in [0.25, 0.3) is 0 Å². The summed E-state index contributed by atoms with van der Waals surface area (Å²) in [6.45, 7) is 2.17. The molecule has 0 atom stereocenters. The van der Waals surface area contributed by atoms with Crippen LogP contribution in [-0.2, 0) is 11.3 Å². The first-order chi connectivity index (χ1) is 9.81. The number of ether oxygens (including phenoxy) is 1. The van der Waals surface area contributed by atoms with E-state index in [2.05, 4.69) is 15.3 Å². The summed E-state index contributed by atoms with van der Waals surface area (Å²) in [6.07, 6.45) is 5.09. The standard InChI is InChI=1S/C14H16ClN3OS/c1-19-8-7-17-9-11-12(15)3-2-4-13(11)20-14-10-16-5-6-18-14/h2-6,10,17H,7-9H2,1H3. The summed E-state index contributed by atoms with van der Waals surface area (Å²) < 4.78 is 5.02. The summed E-state index contributed by atoms with van der Waals surface area (Å²) in [4.78, 5) is 9.43. The Morgan fingerprint density at radius 2 is 2.25 bits per heavy atom. The first-order valence-electron chi connectivity index (χ1n) is 6.22. The van der Waals surface area contributed by atoms with Gasteiger partial charge in [0.15, 0.2) is 0 Å². The van der Waals surface area contributed by atoms with Crippen molar-refractivity contribution < 1.29 is 4.74 Å². The normalized spacial score (nSPS) is 10.7. The maximum atomic E-state index is 6.29. The molecule has 0 aliphatic heterocycles. The second-order valence-electron chi connectivity index (χ2n) is 4.03. The monoisotopic (exact) mass is 309 g/mol. The zero-order valence-corrected chi connectivity index (χ0v) is 12.7. The zero-order valence-electron chi connectivity index (χ0n) is 11.2. The molecule has 0 spiro atoms. The van der Waals surface area contributed by atoms with E-state index in [4.69, 9.17) is 16.3 Å². The van der Waals surface area contributed by atoms with Crippen molar-refractivity contribution >= 4 is 23.4 Å². The highest BCUT2D eigenvalue weighted by molar-refractivity contribution is 7.99. The lowest BCUT2D eigenvalue weighted by atomic mass is 10.2. The van der Waals surface area contributed by atoms with Crippen molar-refractivity contribution in [3.05, 3.63) is 47.4 Å². The molecule has 0 radical (unpaired) electrons. The fourth-order valence-electron chi connectivity index (χ4n) is 1.64. The second kappa shape index (κ2) is 8.21. The number of methoxy groups -OCH3 is 1. The van der Waals surface area contributed by atoms with Gasteiger partial charge in [0.2, 0.25) is 0 Å². The van der Waals surface area contributed by atoms with Crippen LogP contribution in [0.3, 0.4) is 0 Å². The SMILES string of the molecule is COCCNCc1c(Cl)cccc1Sc1cnccn1. The molecule has 1 N–H and O–H groups in total. The third-order valence-corrected chi connectivity index (χ3v) is 3.99. The summed E-state index contributed by atoms with van der Waals surface area (Å²) in [6, 6.07) is 5.88. The van der Waals surface area contributed by atoms with Crippen LogP contribution < -0.4 is 5.32 Å². The molecular weight excluding hydrogens is 294 g/mol. The van der Waals surface area contributed by atoms with E-state index in [9.17, 15) is 0 Å². The second-order valence-corrected chi connectivity index (χ2v) is 5.50. The average molecular weight is 310 g/mol. The van der Waals surface area contributed by atoms with Crippen molar-refractivity contribution in [2.24, 2.45) is 0 Å². The molecule has 1 aromatic heterocycles. The van der Waals surface area contributed by atoms with Gasteiger partial charge >= 0.3 is 0 Å². The largest absolute Gasteiger partial charge is 0.383 e. The number of halogens is 1. The molecule has 4 nitrogen and oxygen atoms in total. The third kappa shape index (κ3) is 4.45. The van der Waals surface area contributed by atoms with Crippen LogP contribution in [0.5, 0.6) is 0 Å². The number of nitrogens with zero attached hydrogens (tertiary/aromatic N) is 2. The van der Waals surface area contributed by atoms with Crippen LogP contribution in [0, 0.1) is 0 Å². The van der Waals surface area contributed by atoms with Gasteiger partial charge in [-0.05, 0) is 17.7 Å². The fraction of sp³-hybridized carbons (Fsp3) is 0.286. The third-order valence-electron chi connectivity index (χ3n) is 2.61. The van der Waals surface area contributed by atoms with Gasteiger partial charge in [-0.3, -0.25) is 4.98 Å². The molecule has 6 heteroatoms. The van der Waals surface area contributed by atoms with E-state index in [-0.39, 0.29) is 0 Å². The quantitative estimate of drug-likeness (QED) is 0.797. The summed E-state index contributed by atoms with van der Waals surface area (Å²) >= 11 is 7.85. The maximum absolute atomic E-state index is 6.29. The molecule has 0 amide bonds. The van der Waals surface area contributed by atoms with Gasteiger partial charge in [-0.15, -0.1) is 0 Å². The van der Waals surface area contributed by atoms with Crippen LogP contribution in [0.15, 0.2) is 46.7 Å². The summed E-state index contributed by atoms with van der Waals surface area (Å²) in [7, 11) is 1.69. The zero-order chi connectivity index (χ0) is 14.2. The van der Waals surface area contributed by atoms with E-state index in [0.29, 0.717) is 13.2 Å². The highest BCUT2D eigenvalue weighted by atomic mass is 35.5. The van der Waals surface area contributed by atoms with E-state index >= 15 is 0 Å². The fourth-order valence-corrected chi connectivity index (χ4v) is 2.85. The van der Waals surface area contributed by atoms with Gasteiger partial charge in [0.05, 0.1) is 12.8 Å². The Morgan fingerprint density at radius 3 is 3.00 bits per heavy atom. The highest BCUT2D eigenvalue weighted by Gasteiger charge is 2.09. The predicted molar refractivity (Wildman–Crippen MR) is 81.2 cm³/mol. The molecule has 0 fully saturated rings. The van der Waals surface area contributed by atoms with E-state index < -0.39 is 0 Å². The average Bonchev–Trinajstić information content (AvgIpc) is 2.47. The lowest BCUT2D eigenvalue weighted by Crippen LogP contribution is -2.19. The van der Waals surface area contributed by atoms with Crippen molar-refractivity contribution in [1.82, 2.24) is 15.3 Å². The Balaban J connectivity index is 2.09. The number of nitrogens with one attached hydrogen (secondary N) is 1. The molecule has 20 heavy (non-hydrogen) atoms.